The Morgan fingerprint density at radius 1 is 1.12 bits per heavy atom. The Balaban J connectivity index is 1.66. The number of hydrogen-bond donors (Lipinski definition) is 2. The second kappa shape index (κ2) is 7.38. The van der Waals surface area contributed by atoms with Gasteiger partial charge in [-0.25, -0.2) is 13.2 Å². The van der Waals surface area contributed by atoms with Crippen molar-refractivity contribution in [2.45, 2.75) is 19.8 Å². The van der Waals surface area contributed by atoms with Crippen molar-refractivity contribution in [3.8, 4) is 11.3 Å². The van der Waals surface area contributed by atoms with Crippen LogP contribution in [0.25, 0.3) is 11.3 Å². The summed E-state index contributed by atoms with van der Waals surface area (Å²) >= 11 is 0. The molecule has 0 bridgehead atoms. The molecular formula is C18H15F3N4O. The van der Waals surface area contributed by atoms with E-state index in [0.717, 1.165) is 23.3 Å². The topological polar surface area (TPSA) is 70.7 Å². The number of carbonyl (C=O) groups excluding carboxylic acids is 1. The summed E-state index contributed by atoms with van der Waals surface area (Å²) in [5.74, 6) is -4.04. The average Bonchev–Trinajstić information content (AvgIpc) is 3.00. The van der Waals surface area contributed by atoms with E-state index in [2.05, 4.69) is 20.5 Å². The smallest absolute Gasteiger partial charge is 0.225 e. The minimum absolute atomic E-state index is 0.0563. The van der Waals surface area contributed by atoms with Crippen LogP contribution in [0.3, 0.4) is 0 Å². The van der Waals surface area contributed by atoms with E-state index in [9.17, 15) is 18.0 Å². The first-order valence-electron chi connectivity index (χ1n) is 7.85. The number of nitrogens with one attached hydrogen (secondary N) is 2. The first kappa shape index (κ1) is 17.7. The van der Waals surface area contributed by atoms with Gasteiger partial charge in [-0.2, -0.15) is 5.10 Å². The van der Waals surface area contributed by atoms with Gasteiger partial charge in [0, 0.05) is 29.9 Å². The SMILES string of the molecule is Cc1c(-c2ccncc2)n[nH]c1NC(=O)CCc1ccc(F)c(F)c1F. The van der Waals surface area contributed by atoms with Gasteiger partial charge < -0.3 is 5.32 Å². The van der Waals surface area contributed by atoms with Crippen molar-refractivity contribution in [3.05, 3.63) is 65.2 Å². The molecule has 1 aromatic carbocycles. The summed E-state index contributed by atoms with van der Waals surface area (Å²) in [6.07, 6.45) is 3.13. The molecule has 0 saturated carbocycles. The fourth-order valence-corrected chi connectivity index (χ4v) is 2.52. The Labute approximate surface area is 147 Å². The van der Waals surface area contributed by atoms with E-state index < -0.39 is 23.4 Å². The van der Waals surface area contributed by atoms with Crippen molar-refractivity contribution in [1.82, 2.24) is 15.2 Å². The van der Waals surface area contributed by atoms with Gasteiger partial charge in [-0.05, 0) is 37.1 Å². The highest BCUT2D eigenvalue weighted by atomic mass is 19.2. The number of H-pyrrole nitrogens is 1. The molecule has 0 aliphatic heterocycles. The lowest BCUT2D eigenvalue weighted by molar-refractivity contribution is -0.116. The van der Waals surface area contributed by atoms with Gasteiger partial charge in [0.15, 0.2) is 17.5 Å². The molecule has 3 aromatic rings. The van der Waals surface area contributed by atoms with Crippen LogP contribution in [0, 0.1) is 24.4 Å². The summed E-state index contributed by atoms with van der Waals surface area (Å²) in [5, 5.41) is 9.57. The van der Waals surface area contributed by atoms with E-state index in [1.54, 1.807) is 31.5 Å². The van der Waals surface area contributed by atoms with Crippen molar-refractivity contribution in [2.24, 2.45) is 0 Å². The second-order valence-corrected chi connectivity index (χ2v) is 5.69. The lowest BCUT2D eigenvalue weighted by Gasteiger charge is -2.06. The summed E-state index contributed by atoms with van der Waals surface area (Å²) in [5.41, 5.74) is 2.20. The first-order valence-corrected chi connectivity index (χ1v) is 7.85. The van der Waals surface area contributed by atoms with E-state index in [1.165, 1.54) is 0 Å². The Hall–Kier alpha value is -3.16. The molecule has 26 heavy (non-hydrogen) atoms. The number of amides is 1. The number of hydrogen-bond acceptors (Lipinski definition) is 3. The van der Waals surface area contributed by atoms with Crippen molar-refractivity contribution in [3.63, 3.8) is 0 Å². The van der Waals surface area contributed by atoms with Gasteiger partial charge in [0.2, 0.25) is 5.91 Å². The Kier molecular flexibility index (Phi) is 5.01. The molecule has 1 amide bonds. The third kappa shape index (κ3) is 3.58. The zero-order valence-electron chi connectivity index (χ0n) is 13.8. The van der Waals surface area contributed by atoms with Crippen LogP contribution in [0.5, 0.6) is 0 Å². The van der Waals surface area contributed by atoms with Crippen molar-refractivity contribution >= 4 is 11.7 Å². The molecule has 5 nitrogen and oxygen atoms in total. The van der Waals surface area contributed by atoms with Crippen molar-refractivity contribution < 1.29 is 18.0 Å². The number of anilines is 1. The Bertz CT molecular complexity index is 941. The van der Waals surface area contributed by atoms with Crippen molar-refractivity contribution in [2.75, 3.05) is 5.32 Å². The molecule has 0 aliphatic rings. The van der Waals surface area contributed by atoms with Gasteiger partial charge in [0.05, 0.1) is 5.69 Å². The molecule has 0 aliphatic carbocycles. The number of carbonyl (C=O) groups is 1. The number of aromatic amines is 1. The molecular weight excluding hydrogens is 345 g/mol. The van der Waals surface area contributed by atoms with E-state index in [-0.39, 0.29) is 18.4 Å². The molecule has 2 N–H and O–H groups in total. The van der Waals surface area contributed by atoms with Crippen LogP contribution in [0.15, 0.2) is 36.7 Å². The van der Waals surface area contributed by atoms with Crippen LogP contribution in [0.4, 0.5) is 19.0 Å². The number of pyridine rings is 1. The molecule has 0 saturated heterocycles. The molecule has 0 spiro atoms. The molecule has 2 heterocycles. The number of aryl methyl sites for hydroxylation is 1. The maximum Gasteiger partial charge on any atom is 0.225 e. The molecule has 0 atom stereocenters. The van der Waals surface area contributed by atoms with Gasteiger partial charge >= 0.3 is 0 Å². The fourth-order valence-electron chi connectivity index (χ4n) is 2.52. The largest absolute Gasteiger partial charge is 0.311 e. The normalized spacial score (nSPS) is 10.8. The quantitative estimate of drug-likeness (QED) is 0.681. The average molecular weight is 360 g/mol. The fraction of sp³-hybridized carbons (Fsp3) is 0.167. The van der Waals surface area contributed by atoms with Crippen LogP contribution in [0.1, 0.15) is 17.5 Å². The van der Waals surface area contributed by atoms with Gasteiger partial charge in [0.1, 0.15) is 5.82 Å². The highest BCUT2D eigenvalue weighted by molar-refractivity contribution is 5.91. The minimum atomic E-state index is -1.53. The van der Waals surface area contributed by atoms with Gasteiger partial charge in [-0.1, -0.05) is 6.07 Å². The Morgan fingerprint density at radius 2 is 1.85 bits per heavy atom. The molecule has 2 aromatic heterocycles. The molecule has 0 fully saturated rings. The number of aromatic nitrogens is 3. The van der Waals surface area contributed by atoms with Crippen LogP contribution in [-0.4, -0.2) is 21.1 Å². The van der Waals surface area contributed by atoms with Crippen LogP contribution < -0.4 is 5.32 Å². The summed E-state index contributed by atoms with van der Waals surface area (Å²) in [4.78, 5) is 16.0. The van der Waals surface area contributed by atoms with Crippen molar-refractivity contribution in [1.29, 1.82) is 0 Å². The zero-order chi connectivity index (χ0) is 18.7. The number of benzene rings is 1. The third-order valence-corrected chi connectivity index (χ3v) is 3.96. The second-order valence-electron chi connectivity index (χ2n) is 5.69. The lowest BCUT2D eigenvalue weighted by atomic mass is 10.1. The molecule has 3 rings (SSSR count). The van der Waals surface area contributed by atoms with Gasteiger partial charge in [-0.3, -0.25) is 14.9 Å². The van der Waals surface area contributed by atoms with Gasteiger partial charge in [0.25, 0.3) is 0 Å². The summed E-state index contributed by atoms with van der Waals surface area (Å²) in [7, 11) is 0. The van der Waals surface area contributed by atoms with E-state index in [0.29, 0.717) is 11.5 Å². The minimum Gasteiger partial charge on any atom is -0.311 e. The monoisotopic (exact) mass is 360 g/mol. The summed E-state index contributed by atoms with van der Waals surface area (Å²) < 4.78 is 39.8. The van der Waals surface area contributed by atoms with E-state index >= 15 is 0 Å². The highest BCUT2D eigenvalue weighted by Gasteiger charge is 2.16. The van der Waals surface area contributed by atoms with Crippen LogP contribution in [0.2, 0.25) is 0 Å². The molecule has 8 heteroatoms. The number of nitrogens with zero attached hydrogens (tertiary/aromatic N) is 2. The predicted octanol–water partition coefficient (Wildman–Crippen LogP) is 3.77. The first-order chi connectivity index (χ1) is 12.5. The highest BCUT2D eigenvalue weighted by Crippen LogP contribution is 2.25. The molecule has 0 unspecified atom stereocenters. The van der Waals surface area contributed by atoms with Gasteiger partial charge in [-0.15, -0.1) is 0 Å². The third-order valence-electron chi connectivity index (χ3n) is 3.96. The standard InChI is InChI=1S/C18H15F3N4O/c1-10-17(12-6-8-22-9-7-12)24-25-18(10)23-14(26)5-3-11-2-4-13(19)16(21)15(11)20/h2,4,6-9H,3,5H2,1H3,(H2,23,24,25,26). The maximum atomic E-state index is 13.6. The summed E-state index contributed by atoms with van der Waals surface area (Å²) in [6.45, 7) is 1.80. The number of rotatable bonds is 5. The summed E-state index contributed by atoms with van der Waals surface area (Å²) in [6, 6.07) is 5.55. The van der Waals surface area contributed by atoms with Crippen LogP contribution in [-0.2, 0) is 11.2 Å². The maximum absolute atomic E-state index is 13.6. The van der Waals surface area contributed by atoms with E-state index in [4.69, 9.17) is 0 Å². The van der Waals surface area contributed by atoms with E-state index in [1.807, 2.05) is 0 Å². The zero-order valence-corrected chi connectivity index (χ0v) is 13.8. The molecule has 0 radical (unpaired) electrons. The number of halogens is 3. The van der Waals surface area contributed by atoms with Crippen LogP contribution >= 0.6 is 0 Å². The Morgan fingerprint density at radius 3 is 2.58 bits per heavy atom. The predicted molar refractivity (Wildman–Crippen MR) is 89.8 cm³/mol. The lowest BCUT2D eigenvalue weighted by Crippen LogP contribution is -2.14. The molecule has 134 valence electrons.